The lowest BCUT2D eigenvalue weighted by Gasteiger charge is -2.26. The van der Waals surface area contributed by atoms with Gasteiger partial charge in [0.15, 0.2) is 0 Å². The average Bonchev–Trinajstić information content (AvgIpc) is 3.25. The molecule has 1 saturated heterocycles. The molecule has 3 rings (SSSR count). The quantitative estimate of drug-likeness (QED) is 0.611. The van der Waals surface area contributed by atoms with E-state index in [4.69, 9.17) is 0 Å². The highest BCUT2D eigenvalue weighted by atomic mass is 15.2. The Bertz CT molecular complexity index is 476. The Labute approximate surface area is 143 Å². The molecule has 0 spiro atoms. The van der Waals surface area contributed by atoms with Crippen molar-refractivity contribution in [1.29, 1.82) is 0 Å². The summed E-state index contributed by atoms with van der Waals surface area (Å²) in [6, 6.07) is 4.09. The first kappa shape index (κ1) is 17.1. The molecule has 1 aliphatic rings. The molecule has 8 heteroatoms. The van der Waals surface area contributed by atoms with E-state index < -0.39 is 0 Å². The van der Waals surface area contributed by atoms with Crippen LogP contribution in [-0.2, 0) is 13.1 Å². The Balaban J connectivity index is 1.45. The molecule has 0 bridgehead atoms. The fraction of sp³-hybridized carbons (Fsp3) is 0.625. The molecular formula is C16H28N8. The highest BCUT2D eigenvalue weighted by Crippen LogP contribution is 2.01. The van der Waals surface area contributed by atoms with E-state index in [1.807, 2.05) is 24.5 Å². The van der Waals surface area contributed by atoms with Crippen LogP contribution in [0.15, 0.2) is 24.5 Å². The van der Waals surface area contributed by atoms with Gasteiger partial charge in [0.05, 0.1) is 11.4 Å². The third kappa shape index (κ3) is 5.72. The number of hydrogen-bond donors (Lipinski definition) is 4. The molecule has 0 atom stereocenters. The maximum atomic E-state index is 4.26. The van der Waals surface area contributed by atoms with E-state index in [9.17, 15) is 0 Å². The first-order valence-electron chi connectivity index (χ1n) is 8.73. The molecule has 0 radical (unpaired) electrons. The molecule has 0 saturated carbocycles. The number of aromatic amines is 2. The summed E-state index contributed by atoms with van der Waals surface area (Å²) in [5.41, 5.74) is 2.21. The molecule has 0 aromatic carbocycles. The summed E-state index contributed by atoms with van der Waals surface area (Å²) >= 11 is 0. The van der Waals surface area contributed by atoms with E-state index in [0.29, 0.717) is 0 Å². The van der Waals surface area contributed by atoms with Crippen LogP contribution in [0.3, 0.4) is 0 Å². The second kappa shape index (κ2) is 9.53. The van der Waals surface area contributed by atoms with E-state index in [-0.39, 0.29) is 0 Å². The first-order chi connectivity index (χ1) is 11.9. The van der Waals surface area contributed by atoms with Crippen molar-refractivity contribution in [2.24, 2.45) is 0 Å². The number of nitrogens with one attached hydrogen (secondary N) is 4. The molecular weight excluding hydrogens is 304 g/mol. The predicted molar refractivity (Wildman–Crippen MR) is 93.5 cm³/mol. The molecule has 3 heterocycles. The summed E-state index contributed by atoms with van der Waals surface area (Å²) in [7, 11) is 0. The van der Waals surface area contributed by atoms with Gasteiger partial charge < -0.3 is 10.6 Å². The second-order valence-electron chi connectivity index (χ2n) is 6.18. The first-order valence-corrected chi connectivity index (χ1v) is 8.73. The lowest BCUT2D eigenvalue weighted by atomic mass is 10.3. The van der Waals surface area contributed by atoms with Crippen LogP contribution >= 0.6 is 0 Å². The number of hydrogen-bond acceptors (Lipinski definition) is 6. The lowest BCUT2D eigenvalue weighted by Crippen LogP contribution is -2.42. The van der Waals surface area contributed by atoms with E-state index in [0.717, 1.165) is 76.8 Å². The minimum absolute atomic E-state index is 0.901. The maximum absolute atomic E-state index is 4.26. The van der Waals surface area contributed by atoms with Gasteiger partial charge in [-0.05, 0) is 12.1 Å². The zero-order valence-electron chi connectivity index (χ0n) is 14.2. The predicted octanol–water partition coefficient (Wildman–Crippen LogP) is -0.370. The van der Waals surface area contributed by atoms with E-state index in [1.165, 1.54) is 0 Å². The molecule has 2 aromatic rings. The van der Waals surface area contributed by atoms with E-state index >= 15 is 0 Å². The molecule has 2 aromatic heterocycles. The monoisotopic (exact) mass is 332 g/mol. The van der Waals surface area contributed by atoms with Crippen molar-refractivity contribution in [3.05, 3.63) is 35.9 Å². The van der Waals surface area contributed by atoms with Crippen molar-refractivity contribution in [1.82, 2.24) is 40.8 Å². The van der Waals surface area contributed by atoms with Crippen molar-refractivity contribution >= 4 is 0 Å². The van der Waals surface area contributed by atoms with Gasteiger partial charge in [-0.25, -0.2) is 0 Å². The van der Waals surface area contributed by atoms with E-state index in [1.54, 1.807) is 0 Å². The van der Waals surface area contributed by atoms with Gasteiger partial charge in [-0.15, -0.1) is 0 Å². The summed E-state index contributed by atoms with van der Waals surface area (Å²) < 4.78 is 0. The Hall–Kier alpha value is -1.74. The van der Waals surface area contributed by atoms with E-state index in [2.05, 4.69) is 40.8 Å². The van der Waals surface area contributed by atoms with Crippen LogP contribution in [-0.4, -0.2) is 82.6 Å². The van der Waals surface area contributed by atoms with Crippen LogP contribution in [0.4, 0.5) is 0 Å². The standard InChI is InChI=1S/C16H28N8/c1-3-19-21-15(1)13-23-9-5-17-7-11-24(12-8-18-6-10-23)14-16-2-4-20-22-16/h1-4,17-18H,5-14H2,(H,19,21)(H,20,22). The zero-order valence-corrected chi connectivity index (χ0v) is 14.2. The zero-order chi connectivity index (χ0) is 16.5. The summed E-state index contributed by atoms with van der Waals surface area (Å²) in [6.07, 6.45) is 3.77. The Kier molecular flexibility index (Phi) is 6.79. The summed E-state index contributed by atoms with van der Waals surface area (Å²) in [4.78, 5) is 4.89. The van der Waals surface area contributed by atoms with Gasteiger partial charge in [-0.3, -0.25) is 20.0 Å². The average molecular weight is 332 g/mol. The van der Waals surface area contributed by atoms with Gasteiger partial charge >= 0.3 is 0 Å². The third-order valence-electron chi connectivity index (χ3n) is 4.31. The topological polar surface area (TPSA) is 87.9 Å². The fourth-order valence-corrected chi connectivity index (χ4v) is 2.95. The van der Waals surface area contributed by atoms with Crippen LogP contribution in [0.2, 0.25) is 0 Å². The smallest absolute Gasteiger partial charge is 0.0762 e. The largest absolute Gasteiger partial charge is 0.314 e. The highest BCUT2D eigenvalue weighted by molar-refractivity contribution is 4.98. The van der Waals surface area contributed by atoms with Crippen molar-refractivity contribution in [3.63, 3.8) is 0 Å². The van der Waals surface area contributed by atoms with Gasteiger partial charge in [0, 0.05) is 77.8 Å². The Morgan fingerprint density at radius 2 is 1.12 bits per heavy atom. The van der Waals surface area contributed by atoms with Crippen LogP contribution in [0.1, 0.15) is 11.4 Å². The molecule has 24 heavy (non-hydrogen) atoms. The maximum Gasteiger partial charge on any atom is 0.0762 e. The second-order valence-corrected chi connectivity index (χ2v) is 6.18. The molecule has 1 fully saturated rings. The summed E-state index contributed by atoms with van der Waals surface area (Å²) in [5, 5.41) is 21.4. The number of rotatable bonds is 4. The van der Waals surface area contributed by atoms with Gasteiger partial charge in [-0.2, -0.15) is 10.2 Å². The molecule has 0 aliphatic carbocycles. The molecule has 4 N–H and O–H groups in total. The number of aromatic nitrogens is 4. The van der Waals surface area contributed by atoms with Gasteiger partial charge in [0.2, 0.25) is 0 Å². The number of H-pyrrole nitrogens is 2. The molecule has 132 valence electrons. The third-order valence-corrected chi connectivity index (χ3v) is 4.31. The highest BCUT2D eigenvalue weighted by Gasteiger charge is 2.10. The minimum atomic E-state index is 0.901. The Morgan fingerprint density at radius 3 is 1.46 bits per heavy atom. The summed E-state index contributed by atoms with van der Waals surface area (Å²) in [5.74, 6) is 0. The normalized spacial score (nSPS) is 19.7. The molecule has 8 nitrogen and oxygen atoms in total. The van der Waals surface area contributed by atoms with Crippen molar-refractivity contribution < 1.29 is 0 Å². The van der Waals surface area contributed by atoms with Gasteiger partial charge in [0.1, 0.15) is 0 Å². The van der Waals surface area contributed by atoms with Gasteiger partial charge in [0.25, 0.3) is 0 Å². The van der Waals surface area contributed by atoms with Crippen molar-refractivity contribution in [3.8, 4) is 0 Å². The lowest BCUT2D eigenvalue weighted by molar-refractivity contribution is 0.230. The fourth-order valence-electron chi connectivity index (χ4n) is 2.95. The minimum Gasteiger partial charge on any atom is -0.314 e. The number of nitrogens with zero attached hydrogens (tertiary/aromatic N) is 4. The summed E-state index contributed by atoms with van der Waals surface area (Å²) in [6.45, 7) is 9.95. The van der Waals surface area contributed by atoms with Crippen LogP contribution in [0.25, 0.3) is 0 Å². The molecule has 0 amide bonds. The van der Waals surface area contributed by atoms with Crippen LogP contribution in [0.5, 0.6) is 0 Å². The van der Waals surface area contributed by atoms with Crippen molar-refractivity contribution in [2.45, 2.75) is 13.1 Å². The van der Waals surface area contributed by atoms with Crippen molar-refractivity contribution in [2.75, 3.05) is 52.4 Å². The van der Waals surface area contributed by atoms with Crippen LogP contribution < -0.4 is 10.6 Å². The Morgan fingerprint density at radius 1 is 0.708 bits per heavy atom. The molecule has 0 unspecified atom stereocenters. The SMILES string of the molecule is c1cc(CN2CCNCCN(Cc3cc[nH]n3)CCNCC2)n[nH]1. The molecule has 1 aliphatic heterocycles. The van der Waals surface area contributed by atoms with Crippen LogP contribution in [0, 0.1) is 0 Å². The van der Waals surface area contributed by atoms with Gasteiger partial charge in [-0.1, -0.05) is 0 Å².